The molecule has 2 aromatic heterocycles. The molecule has 3 aromatic rings. The minimum atomic E-state index is -0.647. The molecule has 9 heteroatoms. The first-order valence-electron chi connectivity index (χ1n) is 6.81. The molecular formula is C14H12N4O5. The molecule has 0 bridgehead atoms. The van der Waals surface area contributed by atoms with Gasteiger partial charge in [-0.2, -0.15) is 9.61 Å². The normalized spacial score (nSPS) is 11.0. The molecule has 1 N–H and O–H groups in total. The third-order valence-corrected chi connectivity index (χ3v) is 3.49. The van der Waals surface area contributed by atoms with E-state index >= 15 is 0 Å². The van der Waals surface area contributed by atoms with Crippen molar-refractivity contribution in [3.05, 3.63) is 50.1 Å². The number of nitro benzene ring substituents is 1. The maximum absolute atomic E-state index is 12.1. The molecule has 23 heavy (non-hydrogen) atoms. The van der Waals surface area contributed by atoms with Gasteiger partial charge in [-0.1, -0.05) is 0 Å². The topological polar surface area (TPSA) is 120 Å². The SMILES string of the molecule is CCOC(=O)c1nn2c(=O)[nH]c3ccc([N+](=O)[O-])cc3c2c1C. The lowest BCUT2D eigenvalue weighted by molar-refractivity contribution is -0.384. The van der Waals surface area contributed by atoms with Gasteiger partial charge in [0.2, 0.25) is 0 Å². The quantitative estimate of drug-likeness (QED) is 0.445. The summed E-state index contributed by atoms with van der Waals surface area (Å²) in [7, 11) is 0. The van der Waals surface area contributed by atoms with Gasteiger partial charge in [-0.05, 0) is 19.9 Å². The number of nitrogens with one attached hydrogen (secondary N) is 1. The first-order valence-corrected chi connectivity index (χ1v) is 6.81. The van der Waals surface area contributed by atoms with Crippen LogP contribution in [0.25, 0.3) is 16.4 Å². The van der Waals surface area contributed by atoms with Crippen LogP contribution in [-0.2, 0) is 4.74 Å². The van der Waals surface area contributed by atoms with Crippen molar-refractivity contribution in [2.75, 3.05) is 6.61 Å². The summed E-state index contributed by atoms with van der Waals surface area (Å²) in [5, 5.41) is 15.4. The van der Waals surface area contributed by atoms with Gasteiger partial charge in [0.05, 0.1) is 22.6 Å². The second-order valence-corrected chi connectivity index (χ2v) is 4.87. The molecule has 0 radical (unpaired) electrons. The van der Waals surface area contributed by atoms with Crippen LogP contribution in [-0.4, -0.2) is 32.1 Å². The summed E-state index contributed by atoms with van der Waals surface area (Å²) >= 11 is 0. The van der Waals surface area contributed by atoms with E-state index in [4.69, 9.17) is 4.74 Å². The molecule has 0 aliphatic rings. The summed E-state index contributed by atoms with van der Waals surface area (Å²) in [6.45, 7) is 3.45. The van der Waals surface area contributed by atoms with Crippen molar-refractivity contribution in [2.24, 2.45) is 0 Å². The van der Waals surface area contributed by atoms with Crippen LogP contribution in [0.4, 0.5) is 5.69 Å². The zero-order valence-electron chi connectivity index (χ0n) is 12.3. The second-order valence-electron chi connectivity index (χ2n) is 4.87. The molecule has 3 rings (SSSR count). The minimum absolute atomic E-state index is 0.0105. The molecule has 0 atom stereocenters. The lowest BCUT2D eigenvalue weighted by atomic mass is 10.1. The van der Waals surface area contributed by atoms with E-state index in [2.05, 4.69) is 10.1 Å². The summed E-state index contributed by atoms with van der Waals surface area (Å²) in [5.41, 5.74) is 0.545. The predicted molar refractivity (Wildman–Crippen MR) is 80.7 cm³/mol. The van der Waals surface area contributed by atoms with Crippen molar-refractivity contribution in [1.82, 2.24) is 14.6 Å². The van der Waals surface area contributed by atoms with E-state index in [9.17, 15) is 19.7 Å². The van der Waals surface area contributed by atoms with E-state index in [1.807, 2.05) is 0 Å². The standard InChI is InChI=1S/C14H12N4O5/c1-3-23-13(19)11-7(2)12-9-6-8(18(21)22)4-5-10(9)15-14(20)17(12)16-11/h4-6H,3H2,1-2H3,(H,15,20). The van der Waals surface area contributed by atoms with E-state index < -0.39 is 16.6 Å². The molecule has 118 valence electrons. The van der Waals surface area contributed by atoms with Crippen molar-refractivity contribution >= 4 is 28.1 Å². The van der Waals surface area contributed by atoms with Gasteiger partial charge in [0, 0.05) is 23.1 Å². The van der Waals surface area contributed by atoms with E-state index in [0.717, 1.165) is 4.52 Å². The molecule has 0 fully saturated rings. The molecule has 1 aromatic carbocycles. The number of carbonyl (C=O) groups excluding carboxylic acids is 1. The maximum atomic E-state index is 12.1. The number of nitro groups is 1. The molecule has 0 amide bonds. The zero-order valence-corrected chi connectivity index (χ0v) is 12.3. The minimum Gasteiger partial charge on any atom is -0.461 e. The summed E-state index contributed by atoms with van der Waals surface area (Å²) < 4.78 is 5.94. The molecule has 2 heterocycles. The summed E-state index contributed by atoms with van der Waals surface area (Å²) in [6.07, 6.45) is 0. The number of aromatic amines is 1. The van der Waals surface area contributed by atoms with E-state index in [-0.39, 0.29) is 18.0 Å². The van der Waals surface area contributed by atoms with Gasteiger partial charge in [-0.25, -0.2) is 9.59 Å². The average molecular weight is 316 g/mol. The van der Waals surface area contributed by atoms with Gasteiger partial charge < -0.3 is 9.72 Å². The largest absolute Gasteiger partial charge is 0.461 e. The van der Waals surface area contributed by atoms with Crippen LogP contribution in [0.3, 0.4) is 0 Å². The Balaban J connectivity index is 2.41. The Morgan fingerprint density at radius 1 is 1.48 bits per heavy atom. The Morgan fingerprint density at radius 2 is 2.22 bits per heavy atom. The number of ether oxygens (including phenoxy) is 1. The Bertz CT molecular complexity index is 1020. The van der Waals surface area contributed by atoms with Gasteiger partial charge in [-0.3, -0.25) is 10.1 Å². The number of fused-ring (bicyclic) bond motifs is 3. The monoisotopic (exact) mass is 316 g/mol. The van der Waals surface area contributed by atoms with Crippen LogP contribution in [0.5, 0.6) is 0 Å². The first-order chi connectivity index (χ1) is 10.9. The van der Waals surface area contributed by atoms with E-state index in [1.165, 1.54) is 18.2 Å². The smallest absolute Gasteiger partial charge is 0.359 e. The van der Waals surface area contributed by atoms with Crippen molar-refractivity contribution < 1.29 is 14.5 Å². The van der Waals surface area contributed by atoms with Crippen LogP contribution in [0, 0.1) is 17.0 Å². The number of rotatable bonds is 3. The predicted octanol–water partition coefficient (Wildman–Crippen LogP) is 1.57. The number of hydrogen-bond acceptors (Lipinski definition) is 6. The van der Waals surface area contributed by atoms with E-state index in [1.54, 1.807) is 13.8 Å². The average Bonchev–Trinajstić information content (AvgIpc) is 2.86. The zero-order chi connectivity index (χ0) is 16.7. The lowest BCUT2D eigenvalue weighted by Crippen LogP contribution is -2.18. The summed E-state index contributed by atoms with van der Waals surface area (Å²) in [5.74, 6) is -0.647. The van der Waals surface area contributed by atoms with Crippen molar-refractivity contribution in [3.8, 4) is 0 Å². The van der Waals surface area contributed by atoms with Crippen LogP contribution in [0.2, 0.25) is 0 Å². The van der Waals surface area contributed by atoms with Crippen molar-refractivity contribution in [1.29, 1.82) is 0 Å². The fourth-order valence-electron chi connectivity index (χ4n) is 2.47. The summed E-state index contributed by atoms with van der Waals surface area (Å²) in [6, 6.07) is 4.09. The third kappa shape index (κ3) is 2.22. The number of benzene rings is 1. The molecule has 0 saturated heterocycles. The Hall–Kier alpha value is -3.23. The Kier molecular flexibility index (Phi) is 3.32. The maximum Gasteiger partial charge on any atom is 0.359 e. The highest BCUT2D eigenvalue weighted by molar-refractivity contribution is 6.00. The number of aryl methyl sites for hydroxylation is 1. The first kappa shape index (κ1) is 14.7. The van der Waals surface area contributed by atoms with Crippen LogP contribution < -0.4 is 5.69 Å². The fraction of sp³-hybridized carbons (Fsp3) is 0.214. The number of nitrogens with zero attached hydrogens (tertiary/aromatic N) is 3. The highest BCUT2D eigenvalue weighted by Gasteiger charge is 2.21. The third-order valence-electron chi connectivity index (χ3n) is 3.49. The molecule has 0 unspecified atom stereocenters. The summed E-state index contributed by atoms with van der Waals surface area (Å²) in [4.78, 5) is 37.1. The molecule has 0 saturated carbocycles. The van der Waals surface area contributed by atoms with Crippen molar-refractivity contribution in [3.63, 3.8) is 0 Å². The fourth-order valence-corrected chi connectivity index (χ4v) is 2.47. The number of carbonyl (C=O) groups is 1. The van der Waals surface area contributed by atoms with Gasteiger partial charge >= 0.3 is 11.7 Å². The number of H-pyrrole nitrogens is 1. The van der Waals surface area contributed by atoms with Gasteiger partial charge in [-0.15, -0.1) is 0 Å². The van der Waals surface area contributed by atoms with E-state index in [0.29, 0.717) is 22.0 Å². The molecule has 0 aliphatic carbocycles. The van der Waals surface area contributed by atoms with Gasteiger partial charge in [0.15, 0.2) is 5.69 Å². The van der Waals surface area contributed by atoms with Crippen LogP contribution in [0.1, 0.15) is 23.0 Å². The number of non-ortho nitro benzene ring substituents is 1. The molecule has 9 nitrogen and oxygen atoms in total. The highest BCUT2D eigenvalue weighted by Crippen LogP contribution is 2.26. The Morgan fingerprint density at radius 3 is 2.87 bits per heavy atom. The number of esters is 1. The second kappa shape index (κ2) is 5.20. The van der Waals surface area contributed by atoms with Gasteiger partial charge in [0.25, 0.3) is 5.69 Å². The lowest BCUT2D eigenvalue weighted by Gasteiger charge is -2.01. The molecular weight excluding hydrogens is 304 g/mol. The molecule has 0 aliphatic heterocycles. The van der Waals surface area contributed by atoms with Gasteiger partial charge in [0.1, 0.15) is 0 Å². The highest BCUT2D eigenvalue weighted by atomic mass is 16.6. The Labute approximate surface area is 128 Å². The van der Waals surface area contributed by atoms with Crippen molar-refractivity contribution in [2.45, 2.75) is 13.8 Å². The number of hydrogen-bond donors (Lipinski definition) is 1. The number of aromatic nitrogens is 3. The van der Waals surface area contributed by atoms with Crippen LogP contribution >= 0.6 is 0 Å². The van der Waals surface area contributed by atoms with Crippen LogP contribution in [0.15, 0.2) is 23.0 Å². The molecule has 0 spiro atoms.